The van der Waals surface area contributed by atoms with E-state index < -0.39 is 0 Å². The Morgan fingerprint density at radius 1 is 1.22 bits per heavy atom. The van der Waals surface area contributed by atoms with E-state index in [0.29, 0.717) is 0 Å². The minimum absolute atomic E-state index is 0.784. The molecule has 0 saturated heterocycles. The van der Waals surface area contributed by atoms with Crippen molar-refractivity contribution in [2.45, 2.75) is 6.42 Å². The van der Waals surface area contributed by atoms with Crippen molar-refractivity contribution in [3.63, 3.8) is 0 Å². The highest BCUT2D eigenvalue weighted by atomic mass is 35.5. The number of hydrogen-bond acceptors (Lipinski definition) is 0. The highest BCUT2D eigenvalue weighted by Gasteiger charge is 1.86. The van der Waals surface area contributed by atoms with Gasteiger partial charge in [-0.15, -0.1) is 0 Å². The smallest absolute Gasteiger partial charge is 0.0406 e. The van der Waals surface area contributed by atoms with Crippen LogP contribution in [-0.2, 0) is 6.42 Å². The lowest BCUT2D eigenvalue weighted by Gasteiger charge is -1.92. The standard InChI is InChI=1S/C8H8Cl/c1-2-7-3-5-8(9)6-4-7/h3-6H,1-2H2. The number of benzene rings is 1. The van der Waals surface area contributed by atoms with Crippen molar-refractivity contribution in [2.24, 2.45) is 0 Å². The van der Waals surface area contributed by atoms with Crippen LogP contribution in [0.4, 0.5) is 0 Å². The first-order chi connectivity index (χ1) is 4.33. The zero-order chi connectivity index (χ0) is 6.69. The first-order valence-electron chi connectivity index (χ1n) is 2.86. The summed E-state index contributed by atoms with van der Waals surface area (Å²) in [6, 6.07) is 7.72. The molecule has 0 unspecified atom stereocenters. The third kappa shape index (κ3) is 1.72. The molecule has 0 atom stereocenters. The molecule has 1 radical (unpaired) electrons. The van der Waals surface area contributed by atoms with Crippen LogP contribution in [-0.4, -0.2) is 0 Å². The molecule has 1 aromatic rings. The number of rotatable bonds is 1. The predicted molar refractivity (Wildman–Crippen MR) is 40.5 cm³/mol. The second-order valence-corrected chi connectivity index (χ2v) is 2.31. The molecule has 1 heteroatoms. The Balaban J connectivity index is 2.88. The SMILES string of the molecule is [CH2]Cc1ccc(Cl)cc1. The summed E-state index contributed by atoms with van der Waals surface area (Å²) >= 11 is 5.65. The van der Waals surface area contributed by atoms with Gasteiger partial charge in [-0.1, -0.05) is 23.7 Å². The van der Waals surface area contributed by atoms with E-state index in [2.05, 4.69) is 6.92 Å². The van der Waals surface area contributed by atoms with Gasteiger partial charge in [0.05, 0.1) is 0 Å². The highest BCUT2D eigenvalue weighted by molar-refractivity contribution is 6.30. The fourth-order valence-electron chi connectivity index (χ4n) is 0.651. The molecule has 1 aromatic carbocycles. The Bertz CT molecular complexity index is 176. The van der Waals surface area contributed by atoms with E-state index in [0.717, 1.165) is 11.4 Å². The Morgan fingerprint density at radius 3 is 2.22 bits per heavy atom. The minimum atomic E-state index is 0.784. The van der Waals surface area contributed by atoms with Crippen LogP contribution in [0.2, 0.25) is 5.02 Å². The normalized spacial score (nSPS) is 9.56. The summed E-state index contributed by atoms with van der Waals surface area (Å²) in [6.07, 6.45) is 0.831. The van der Waals surface area contributed by atoms with Crippen LogP contribution in [0.1, 0.15) is 5.56 Å². The van der Waals surface area contributed by atoms with Crippen molar-refractivity contribution < 1.29 is 0 Å². The average molecular weight is 140 g/mol. The zero-order valence-corrected chi connectivity index (χ0v) is 5.86. The Kier molecular flexibility index (Phi) is 2.12. The van der Waals surface area contributed by atoms with E-state index in [4.69, 9.17) is 11.6 Å². The number of hydrogen-bond donors (Lipinski definition) is 0. The van der Waals surface area contributed by atoms with Crippen LogP contribution >= 0.6 is 11.6 Å². The summed E-state index contributed by atoms with van der Waals surface area (Å²) in [5.41, 5.74) is 1.22. The molecule has 0 saturated carbocycles. The molecule has 0 nitrogen and oxygen atoms in total. The van der Waals surface area contributed by atoms with Gasteiger partial charge >= 0.3 is 0 Å². The third-order valence-electron chi connectivity index (χ3n) is 1.20. The van der Waals surface area contributed by atoms with Gasteiger partial charge in [-0.05, 0) is 31.0 Å². The van der Waals surface area contributed by atoms with Gasteiger partial charge < -0.3 is 0 Å². The zero-order valence-electron chi connectivity index (χ0n) is 5.10. The Hall–Kier alpha value is -0.490. The van der Waals surface area contributed by atoms with Crippen LogP contribution in [0.3, 0.4) is 0 Å². The van der Waals surface area contributed by atoms with Gasteiger partial charge in [-0.2, -0.15) is 0 Å². The molecule has 0 spiro atoms. The minimum Gasteiger partial charge on any atom is -0.0843 e. The van der Waals surface area contributed by atoms with Gasteiger partial charge in [0.15, 0.2) is 0 Å². The molecule has 0 bridgehead atoms. The van der Waals surface area contributed by atoms with E-state index in [-0.39, 0.29) is 0 Å². The first-order valence-corrected chi connectivity index (χ1v) is 3.24. The summed E-state index contributed by atoms with van der Waals surface area (Å²) in [6.45, 7) is 3.74. The van der Waals surface area contributed by atoms with Crippen molar-refractivity contribution in [1.82, 2.24) is 0 Å². The average Bonchev–Trinajstić information content (AvgIpc) is 1.90. The second kappa shape index (κ2) is 2.88. The molecule has 0 fully saturated rings. The lowest BCUT2D eigenvalue weighted by atomic mass is 10.2. The fourth-order valence-corrected chi connectivity index (χ4v) is 0.777. The van der Waals surface area contributed by atoms with E-state index in [1.165, 1.54) is 5.56 Å². The largest absolute Gasteiger partial charge is 0.0843 e. The monoisotopic (exact) mass is 139 g/mol. The van der Waals surface area contributed by atoms with E-state index in [1.54, 1.807) is 0 Å². The summed E-state index contributed by atoms with van der Waals surface area (Å²) in [5, 5.41) is 0.784. The maximum atomic E-state index is 5.65. The summed E-state index contributed by atoms with van der Waals surface area (Å²) < 4.78 is 0. The fraction of sp³-hybridized carbons (Fsp3) is 0.125. The quantitative estimate of drug-likeness (QED) is 0.561. The van der Waals surface area contributed by atoms with Crippen LogP contribution in [0.25, 0.3) is 0 Å². The van der Waals surface area contributed by atoms with Crippen molar-refractivity contribution in [2.75, 3.05) is 0 Å². The second-order valence-electron chi connectivity index (χ2n) is 1.88. The first kappa shape index (κ1) is 6.63. The van der Waals surface area contributed by atoms with Crippen LogP contribution in [0.5, 0.6) is 0 Å². The molecule has 1 rings (SSSR count). The van der Waals surface area contributed by atoms with Gasteiger partial charge in [0.25, 0.3) is 0 Å². The van der Waals surface area contributed by atoms with Crippen molar-refractivity contribution >= 4 is 11.6 Å². The topological polar surface area (TPSA) is 0 Å². The lowest BCUT2D eigenvalue weighted by molar-refractivity contribution is 1.27. The lowest BCUT2D eigenvalue weighted by Crippen LogP contribution is -1.75. The maximum absolute atomic E-state index is 5.65. The van der Waals surface area contributed by atoms with Gasteiger partial charge in [0.1, 0.15) is 0 Å². The van der Waals surface area contributed by atoms with Gasteiger partial charge in [-0.25, -0.2) is 0 Å². The maximum Gasteiger partial charge on any atom is 0.0406 e. The van der Waals surface area contributed by atoms with Crippen molar-refractivity contribution in [3.8, 4) is 0 Å². The molecule has 0 N–H and O–H groups in total. The molecular formula is C8H8Cl. The molecule has 47 valence electrons. The van der Waals surface area contributed by atoms with Gasteiger partial charge in [0, 0.05) is 5.02 Å². The summed E-state index contributed by atoms with van der Waals surface area (Å²) in [5.74, 6) is 0. The van der Waals surface area contributed by atoms with Crippen LogP contribution in [0.15, 0.2) is 24.3 Å². The molecule has 0 aliphatic rings. The molecule has 0 amide bonds. The third-order valence-corrected chi connectivity index (χ3v) is 1.45. The molecule has 9 heavy (non-hydrogen) atoms. The highest BCUT2D eigenvalue weighted by Crippen LogP contribution is 2.08. The van der Waals surface area contributed by atoms with Crippen molar-refractivity contribution in [3.05, 3.63) is 41.8 Å². The molecular weight excluding hydrogens is 132 g/mol. The molecule has 0 aromatic heterocycles. The van der Waals surface area contributed by atoms with E-state index in [1.807, 2.05) is 24.3 Å². The molecule has 0 aliphatic heterocycles. The molecule has 0 heterocycles. The van der Waals surface area contributed by atoms with Crippen LogP contribution in [0, 0.1) is 6.92 Å². The summed E-state index contributed by atoms with van der Waals surface area (Å²) in [4.78, 5) is 0. The Labute approximate surface area is 60.5 Å². The van der Waals surface area contributed by atoms with Gasteiger partial charge in [-0.3, -0.25) is 0 Å². The van der Waals surface area contributed by atoms with E-state index >= 15 is 0 Å². The van der Waals surface area contributed by atoms with E-state index in [9.17, 15) is 0 Å². The predicted octanol–water partition coefficient (Wildman–Crippen LogP) is 2.72. The Morgan fingerprint density at radius 2 is 1.78 bits per heavy atom. The molecule has 0 aliphatic carbocycles. The van der Waals surface area contributed by atoms with Crippen molar-refractivity contribution in [1.29, 1.82) is 0 Å². The van der Waals surface area contributed by atoms with Gasteiger partial charge in [0.2, 0.25) is 0 Å². The number of halogens is 1. The summed E-state index contributed by atoms with van der Waals surface area (Å²) in [7, 11) is 0. The van der Waals surface area contributed by atoms with Crippen LogP contribution < -0.4 is 0 Å².